The van der Waals surface area contributed by atoms with Gasteiger partial charge in [0.15, 0.2) is 0 Å². The van der Waals surface area contributed by atoms with E-state index >= 15 is 0 Å². The van der Waals surface area contributed by atoms with E-state index in [4.69, 9.17) is 10.7 Å². The predicted octanol–water partition coefficient (Wildman–Crippen LogP) is 1.91. The molecule has 0 unspecified atom stereocenters. The second-order valence-electron chi connectivity index (χ2n) is 6.08. The maximum absolute atomic E-state index is 5.72. The highest BCUT2D eigenvalue weighted by molar-refractivity contribution is 5.77. The number of hydrogen-bond donors (Lipinski definition) is 1. The van der Waals surface area contributed by atoms with E-state index in [9.17, 15) is 0 Å². The zero-order chi connectivity index (χ0) is 13.5. The van der Waals surface area contributed by atoms with Gasteiger partial charge in [-0.15, -0.1) is 0 Å². The molecule has 0 saturated heterocycles. The van der Waals surface area contributed by atoms with Gasteiger partial charge in [-0.05, 0) is 30.5 Å². The van der Waals surface area contributed by atoms with Gasteiger partial charge in [0.2, 0.25) is 0 Å². The number of hydrogen-bond acceptors (Lipinski definition) is 3. The van der Waals surface area contributed by atoms with Crippen LogP contribution in [0.3, 0.4) is 0 Å². The van der Waals surface area contributed by atoms with Gasteiger partial charge in [-0.1, -0.05) is 12.5 Å². The van der Waals surface area contributed by atoms with Crippen molar-refractivity contribution >= 4 is 11.0 Å². The lowest BCUT2D eigenvalue weighted by Gasteiger charge is -2.36. The summed E-state index contributed by atoms with van der Waals surface area (Å²) in [7, 11) is 0. The lowest BCUT2D eigenvalue weighted by molar-refractivity contribution is 0.130. The van der Waals surface area contributed by atoms with E-state index in [1.54, 1.807) is 0 Å². The zero-order valence-corrected chi connectivity index (χ0v) is 11.9. The van der Waals surface area contributed by atoms with Crippen molar-refractivity contribution in [3.8, 4) is 0 Å². The fourth-order valence-corrected chi connectivity index (χ4v) is 3.49. The molecule has 0 atom stereocenters. The first-order valence-corrected chi connectivity index (χ1v) is 7.77. The van der Waals surface area contributed by atoms with E-state index < -0.39 is 0 Å². The van der Waals surface area contributed by atoms with E-state index in [1.807, 2.05) is 0 Å². The van der Waals surface area contributed by atoms with Gasteiger partial charge in [0.05, 0.1) is 11.0 Å². The Bertz CT molecular complexity index is 627. The number of nitrogens with zero attached hydrogens (tertiary/aromatic N) is 3. The molecule has 2 aliphatic rings. The Balaban J connectivity index is 1.64. The summed E-state index contributed by atoms with van der Waals surface area (Å²) in [6.07, 6.45) is 5.27. The highest BCUT2D eigenvalue weighted by Crippen LogP contribution is 2.27. The third-order valence-corrected chi connectivity index (χ3v) is 4.95. The molecule has 1 aromatic carbocycles. The SMILES string of the molecule is NCc1ccc2c(c1)nc1n2CCN(C2CCC2)CC1. The largest absolute Gasteiger partial charge is 0.327 e. The average molecular weight is 270 g/mol. The van der Waals surface area contributed by atoms with Crippen molar-refractivity contribution in [2.24, 2.45) is 5.73 Å². The van der Waals surface area contributed by atoms with Gasteiger partial charge in [0.25, 0.3) is 0 Å². The molecule has 0 spiro atoms. The summed E-state index contributed by atoms with van der Waals surface area (Å²) in [6.45, 7) is 4.00. The lowest BCUT2D eigenvalue weighted by atomic mass is 9.91. The highest BCUT2D eigenvalue weighted by Gasteiger charge is 2.27. The van der Waals surface area contributed by atoms with Crippen LogP contribution < -0.4 is 5.73 Å². The molecule has 2 N–H and O–H groups in total. The number of rotatable bonds is 2. The van der Waals surface area contributed by atoms with Crippen LogP contribution in [-0.2, 0) is 19.5 Å². The Labute approximate surface area is 119 Å². The van der Waals surface area contributed by atoms with E-state index in [0.717, 1.165) is 31.1 Å². The fraction of sp³-hybridized carbons (Fsp3) is 0.562. The molecule has 106 valence electrons. The molecule has 0 radical (unpaired) electrons. The van der Waals surface area contributed by atoms with Gasteiger partial charge in [0.1, 0.15) is 5.82 Å². The third-order valence-electron chi connectivity index (χ3n) is 4.95. The summed E-state index contributed by atoms with van der Waals surface area (Å²) in [5, 5.41) is 0. The topological polar surface area (TPSA) is 47.1 Å². The van der Waals surface area contributed by atoms with Crippen LogP contribution in [0.25, 0.3) is 11.0 Å². The molecule has 2 heterocycles. The van der Waals surface area contributed by atoms with Crippen molar-refractivity contribution in [2.45, 2.75) is 44.8 Å². The molecule has 2 aromatic rings. The molecular formula is C16H22N4. The Morgan fingerprint density at radius 2 is 2.10 bits per heavy atom. The summed E-state index contributed by atoms with van der Waals surface area (Å²) < 4.78 is 2.41. The number of nitrogens with two attached hydrogens (primary N) is 1. The molecule has 4 nitrogen and oxygen atoms in total. The molecule has 20 heavy (non-hydrogen) atoms. The van der Waals surface area contributed by atoms with Gasteiger partial charge in [-0.2, -0.15) is 0 Å². The van der Waals surface area contributed by atoms with Crippen LogP contribution in [0, 0.1) is 0 Å². The van der Waals surface area contributed by atoms with Gasteiger partial charge in [-0.3, -0.25) is 4.90 Å². The minimum absolute atomic E-state index is 0.591. The Morgan fingerprint density at radius 3 is 2.85 bits per heavy atom. The van der Waals surface area contributed by atoms with Gasteiger partial charge in [0, 0.05) is 38.6 Å². The van der Waals surface area contributed by atoms with Crippen molar-refractivity contribution < 1.29 is 0 Å². The second kappa shape index (κ2) is 4.86. The molecule has 0 amide bonds. The molecule has 1 aliphatic carbocycles. The van der Waals surface area contributed by atoms with Crippen molar-refractivity contribution in [3.63, 3.8) is 0 Å². The first-order valence-electron chi connectivity index (χ1n) is 7.77. The van der Waals surface area contributed by atoms with Crippen LogP contribution in [0.4, 0.5) is 0 Å². The maximum Gasteiger partial charge on any atom is 0.111 e. The first-order chi connectivity index (χ1) is 9.85. The van der Waals surface area contributed by atoms with Crippen LogP contribution in [0.2, 0.25) is 0 Å². The Hall–Kier alpha value is -1.39. The van der Waals surface area contributed by atoms with E-state index in [1.165, 1.54) is 42.7 Å². The zero-order valence-electron chi connectivity index (χ0n) is 11.9. The quantitative estimate of drug-likeness (QED) is 0.906. The van der Waals surface area contributed by atoms with Crippen LogP contribution in [0.5, 0.6) is 0 Å². The molecule has 4 rings (SSSR count). The van der Waals surface area contributed by atoms with Crippen LogP contribution in [0.1, 0.15) is 30.7 Å². The minimum atomic E-state index is 0.591. The number of aromatic nitrogens is 2. The van der Waals surface area contributed by atoms with Gasteiger partial charge < -0.3 is 10.3 Å². The summed E-state index contributed by atoms with van der Waals surface area (Å²) >= 11 is 0. The standard InChI is InChI=1S/C16H22N4/c17-11-12-4-5-15-14(10-12)18-16-6-7-19(8-9-20(15)16)13-2-1-3-13/h4-5,10,13H,1-3,6-9,11,17H2. The molecule has 1 aromatic heterocycles. The van der Waals surface area contributed by atoms with E-state index in [-0.39, 0.29) is 0 Å². The average Bonchev–Trinajstić information content (AvgIpc) is 2.64. The summed E-state index contributed by atoms with van der Waals surface area (Å²) in [5.74, 6) is 1.25. The Morgan fingerprint density at radius 1 is 1.20 bits per heavy atom. The molecule has 4 heteroatoms. The molecule has 1 aliphatic heterocycles. The fourth-order valence-electron chi connectivity index (χ4n) is 3.49. The third kappa shape index (κ3) is 1.95. The second-order valence-corrected chi connectivity index (χ2v) is 6.08. The maximum atomic E-state index is 5.72. The molecule has 1 fully saturated rings. The first kappa shape index (κ1) is 12.4. The monoisotopic (exact) mass is 270 g/mol. The van der Waals surface area contributed by atoms with Gasteiger partial charge in [-0.25, -0.2) is 4.98 Å². The number of fused-ring (bicyclic) bond motifs is 3. The van der Waals surface area contributed by atoms with Crippen molar-refractivity contribution in [1.82, 2.24) is 14.5 Å². The summed E-state index contributed by atoms with van der Waals surface area (Å²) in [6, 6.07) is 7.30. The normalized spacial score (nSPS) is 20.6. The van der Waals surface area contributed by atoms with Crippen molar-refractivity contribution in [1.29, 1.82) is 0 Å². The Kier molecular flexibility index (Phi) is 3.00. The molecular weight excluding hydrogens is 248 g/mol. The van der Waals surface area contributed by atoms with Crippen molar-refractivity contribution in [3.05, 3.63) is 29.6 Å². The predicted molar refractivity (Wildman–Crippen MR) is 80.5 cm³/mol. The van der Waals surface area contributed by atoms with Crippen LogP contribution >= 0.6 is 0 Å². The number of benzene rings is 1. The smallest absolute Gasteiger partial charge is 0.111 e. The van der Waals surface area contributed by atoms with E-state index in [0.29, 0.717) is 6.54 Å². The lowest BCUT2D eigenvalue weighted by Crippen LogP contribution is -2.41. The van der Waals surface area contributed by atoms with Crippen molar-refractivity contribution in [2.75, 3.05) is 13.1 Å². The molecule has 1 saturated carbocycles. The molecule has 0 bridgehead atoms. The highest BCUT2D eigenvalue weighted by atomic mass is 15.2. The summed E-state index contributed by atoms with van der Waals surface area (Å²) in [5.41, 5.74) is 9.27. The number of imidazole rings is 1. The van der Waals surface area contributed by atoms with E-state index in [2.05, 4.69) is 27.7 Å². The summed E-state index contributed by atoms with van der Waals surface area (Å²) in [4.78, 5) is 7.51. The van der Waals surface area contributed by atoms with Crippen LogP contribution in [-0.4, -0.2) is 33.6 Å². The van der Waals surface area contributed by atoms with Crippen LogP contribution in [0.15, 0.2) is 18.2 Å². The van der Waals surface area contributed by atoms with Gasteiger partial charge >= 0.3 is 0 Å². The minimum Gasteiger partial charge on any atom is -0.327 e.